The fourth-order valence-corrected chi connectivity index (χ4v) is 4.53. The van der Waals surface area contributed by atoms with Crippen LogP contribution >= 0.6 is 11.6 Å². The van der Waals surface area contributed by atoms with Crippen LogP contribution < -0.4 is 10.1 Å². The molecule has 0 aliphatic carbocycles. The number of nitrogens with zero attached hydrogens (tertiary/aromatic N) is 2. The fourth-order valence-electron chi connectivity index (χ4n) is 4.31. The van der Waals surface area contributed by atoms with Gasteiger partial charge in [0.25, 0.3) is 5.69 Å². The number of piperidine rings is 1. The number of nitro benzene ring substituents is 1. The summed E-state index contributed by atoms with van der Waals surface area (Å²) in [5.74, 6) is 1.06. The van der Waals surface area contributed by atoms with Crippen molar-refractivity contribution in [1.29, 1.82) is 0 Å². The van der Waals surface area contributed by atoms with Gasteiger partial charge in [0, 0.05) is 29.2 Å². The van der Waals surface area contributed by atoms with Crippen molar-refractivity contribution < 1.29 is 14.5 Å². The summed E-state index contributed by atoms with van der Waals surface area (Å²) in [6, 6.07) is 9.73. The lowest BCUT2D eigenvalue weighted by atomic mass is 9.88. The van der Waals surface area contributed by atoms with Gasteiger partial charge < -0.3 is 15.0 Å². The monoisotopic (exact) mass is 456 g/mol. The van der Waals surface area contributed by atoms with E-state index < -0.39 is 4.92 Å². The topological polar surface area (TPSA) is 100 Å². The van der Waals surface area contributed by atoms with Crippen LogP contribution in [0, 0.1) is 10.1 Å². The Morgan fingerprint density at radius 3 is 2.69 bits per heavy atom. The summed E-state index contributed by atoms with van der Waals surface area (Å²) in [5.41, 5.74) is 2.64. The molecule has 1 aliphatic heterocycles. The van der Waals surface area contributed by atoms with Gasteiger partial charge in [0.2, 0.25) is 5.91 Å². The number of carbonyl (C=O) groups excluding carboxylic acids is 1. The van der Waals surface area contributed by atoms with Gasteiger partial charge in [-0.05, 0) is 68.6 Å². The number of anilines is 1. The standard InChI is InChI=1S/C23H25ClN4O4/c1-14(23(29)26-22-5-3-16(28(30)31)11-20(22)24)27-9-7-15(8-10-27)19-13-25-21-6-4-17(32-2)12-18(19)21/h3-6,11-15,25H,7-10H2,1-2H3,(H,26,29). The van der Waals surface area contributed by atoms with Crippen LogP contribution in [0.1, 0.15) is 31.2 Å². The molecule has 3 aromatic rings. The number of nitrogens with one attached hydrogen (secondary N) is 2. The maximum Gasteiger partial charge on any atom is 0.271 e. The van der Waals surface area contributed by atoms with Gasteiger partial charge in [-0.2, -0.15) is 0 Å². The smallest absolute Gasteiger partial charge is 0.271 e. The van der Waals surface area contributed by atoms with E-state index in [0.717, 1.165) is 37.2 Å². The number of H-pyrrole nitrogens is 1. The van der Waals surface area contributed by atoms with Crippen molar-refractivity contribution in [3.63, 3.8) is 0 Å². The third-order valence-electron chi connectivity index (χ3n) is 6.24. The van der Waals surface area contributed by atoms with Crippen LogP contribution in [0.2, 0.25) is 5.02 Å². The van der Waals surface area contributed by atoms with Crippen LogP contribution in [0.15, 0.2) is 42.6 Å². The Hall–Kier alpha value is -3.10. The predicted molar refractivity (Wildman–Crippen MR) is 125 cm³/mol. The molecule has 1 aromatic heterocycles. The van der Waals surface area contributed by atoms with Crippen molar-refractivity contribution in [1.82, 2.24) is 9.88 Å². The molecule has 1 amide bonds. The lowest BCUT2D eigenvalue weighted by Gasteiger charge is -2.35. The highest BCUT2D eigenvalue weighted by Gasteiger charge is 2.29. The molecule has 1 saturated heterocycles. The summed E-state index contributed by atoms with van der Waals surface area (Å²) in [6.45, 7) is 3.46. The van der Waals surface area contributed by atoms with Gasteiger partial charge >= 0.3 is 0 Å². The van der Waals surface area contributed by atoms with Crippen LogP contribution in [-0.4, -0.2) is 47.0 Å². The number of likely N-dealkylation sites (tertiary alicyclic amines) is 1. The summed E-state index contributed by atoms with van der Waals surface area (Å²) in [5, 5.41) is 15.0. The number of non-ortho nitro benzene ring substituents is 1. The number of hydrogen-bond acceptors (Lipinski definition) is 5. The molecule has 0 saturated carbocycles. The van der Waals surface area contributed by atoms with Crippen LogP contribution in [0.3, 0.4) is 0 Å². The first-order valence-electron chi connectivity index (χ1n) is 10.5. The second kappa shape index (κ2) is 9.18. The highest BCUT2D eigenvalue weighted by atomic mass is 35.5. The number of aromatic amines is 1. The molecule has 2 heterocycles. The zero-order valence-electron chi connectivity index (χ0n) is 17.9. The Morgan fingerprint density at radius 2 is 2.03 bits per heavy atom. The number of carbonyl (C=O) groups is 1. The summed E-state index contributed by atoms with van der Waals surface area (Å²) < 4.78 is 5.38. The molecule has 2 aromatic carbocycles. The minimum Gasteiger partial charge on any atom is -0.497 e. The van der Waals surface area contributed by atoms with Gasteiger partial charge in [-0.15, -0.1) is 0 Å². The van der Waals surface area contributed by atoms with E-state index in [4.69, 9.17) is 16.3 Å². The number of aromatic nitrogens is 1. The Labute approximate surface area is 190 Å². The van der Waals surface area contributed by atoms with E-state index in [2.05, 4.69) is 27.5 Å². The summed E-state index contributed by atoms with van der Waals surface area (Å²) in [6.07, 6.45) is 3.97. The minimum atomic E-state index is -0.520. The van der Waals surface area contributed by atoms with Crippen molar-refractivity contribution in [3.05, 3.63) is 63.3 Å². The molecular formula is C23H25ClN4O4. The van der Waals surface area contributed by atoms with E-state index in [1.165, 1.54) is 29.1 Å². The molecule has 2 N–H and O–H groups in total. The Morgan fingerprint density at radius 1 is 1.28 bits per heavy atom. The molecule has 0 spiro atoms. The summed E-state index contributed by atoms with van der Waals surface area (Å²) in [4.78, 5) is 28.6. The summed E-state index contributed by atoms with van der Waals surface area (Å²) in [7, 11) is 1.67. The second-order valence-electron chi connectivity index (χ2n) is 8.05. The van der Waals surface area contributed by atoms with Crippen LogP contribution in [0.4, 0.5) is 11.4 Å². The third-order valence-corrected chi connectivity index (χ3v) is 6.55. The maximum atomic E-state index is 12.8. The number of benzene rings is 2. The first-order valence-corrected chi connectivity index (χ1v) is 10.9. The number of ether oxygens (including phenoxy) is 1. The number of nitro groups is 1. The van der Waals surface area contributed by atoms with Crippen molar-refractivity contribution in [2.45, 2.75) is 31.7 Å². The molecule has 4 rings (SSSR count). The Kier molecular flexibility index (Phi) is 6.34. The van der Waals surface area contributed by atoms with Gasteiger partial charge in [-0.25, -0.2) is 0 Å². The molecule has 1 fully saturated rings. The first kappa shape index (κ1) is 22.1. The molecule has 1 aliphatic rings. The lowest BCUT2D eigenvalue weighted by molar-refractivity contribution is -0.384. The highest BCUT2D eigenvalue weighted by molar-refractivity contribution is 6.34. The van der Waals surface area contributed by atoms with Crippen molar-refractivity contribution in [3.8, 4) is 5.75 Å². The zero-order valence-corrected chi connectivity index (χ0v) is 18.7. The molecule has 0 bridgehead atoms. The predicted octanol–water partition coefficient (Wildman–Crippen LogP) is 4.94. The van der Waals surface area contributed by atoms with Crippen LogP contribution in [0.5, 0.6) is 5.75 Å². The second-order valence-corrected chi connectivity index (χ2v) is 8.46. The van der Waals surface area contributed by atoms with Gasteiger partial charge in [-0.3, -0.25) is 19.8 Å². The highest BCUT2D eigenvalue weighted by Crippen LogP contribution is 2.35. The molecule has 1 unspecified atom stereocenters. The largest absolute Gasteiger partial charge is 0.497 e. The van der Waals surface area contributed by atoms with Gasteiger partial charge in [0.15, 0.2) is 0 Å². The normalized spacial score (nSPS) is 16.1. The quantitative estimate of drug-likeness (QED) is 0.404. The molecule has 9 heteroatoms. The molecule has 168 valence electrons. The first-order chi connectivity index (χ1) is 15.4. The number of hydrogen-bond donors (Lipinski definition) is 2. The molecule has 32 heavy (non-hydrogen) atoms. The minimum absolute atomic E-state index is 0.113. The van der Waals surface area contributed by atoms with Crippen molar-refractivity contribution >= 4 is 39.8 Å². The summed E-state index contributed by atoms with van der Waals surface area (Å²) >= 11 is 6.11. The number of halogens is 1. The van der Waals surface area contributed by atoms with Crippen molar-refractivity contribution in [2.24, 2.45) is 0 Å². The average molecular weight is 457 g/mol. The van der Waals surface area contributed by atoms with Crippen LogP contribution in [-0.2, 0) is 4.79 Å². The number of fused-ring (bicyclic) bond motifs is 1. The molecule has 1 atom stereocenters. The van der Waals surface area contributed by atoms with Crippen LogP contribution in [0.25, 0.3) is 10.9 Å². The zero-order chi connectivity index (χ0) is 22.8. The molecule has 8 nitrogen and oxygen atoms in total. The van der Waals surface area contributed by atoms with Gasteiger partial charge in [0.05, 0.1) is 28.8 Å². The SMILES string of the molecule is COc1ccc2[nH]cc(C3CCN(C(C)C(=O)Nc4ccc([N+](=O)[O-])cc4Cl)CC3)c2c1. The molecular weight excluding hydrogens is 432 g/mol. The Balaban J connectivity index is 1.39. The van der Waals surface area contributed by atoms with E-state index in [9.17, 15) is 14.9 Å². The Bertz CT molecular complexity index is 1150. The average Bonchev–Trinajstić information content (AvgIpc) is 3.23. The van der Waals surface area contributed by atoms with E-state index in [0.29, 0.717) is 11.6 Å². The van der Waals surface area contributed by atoms with E-state index in [-0.39, 0.29) is 22.7 Å². The number of rotatable bonds is 6. The van der Waals surface area contributed by atoms with Gasteiger partial charge in [0.1, 0.15) is 5.75 Å². The lowest BCUT2D eigenvalue weighted by Crippen LogP contribution is -2.45. The van der Waals surface area contributed by atoms with E-state index in [1.54, 1.807) is 7.11 Å². The van der Waals surface area contributed by atoms with Crippen molar-refractivity contribution in [2.75, 3.05) is 25.5 Å². The number of amides is 1. The van der Waals surface area contributed by atoms with Gasteiger partial charge in [-0.1, -0.05) is 11.6 Å². The molecule has 0 radical (unpaired) electrons. The van der Waals surface area contributed by atoms with E-state index in [1.807, 2.05) is 19.1 Å². The van der Waals surface area contributed by atoms with E-state index >= 15 is 0 Å². The number of methoxy groups -OCH3 is 1. The fraction of sp³-hybridized carbons (Fsp3) is 0.348. The third kappa shape index (κ3) is 4.42. The maximum absolute atomic E-state index is 12.8.